The highest BCUT2D eigenvalue weighted by Gasteiger charge is 2.34. The normalized spacial score (nSPS) is 12.6. The third-order valence-electron chi connectivity index (χ3n) is 2.07. The lowest BCUT2D eigenvalue weighted by Gasteiger charge is -2.10. The maximum atomic E-state index is 12.6. The highest BCUT2D eigenvalue weighted by atomic mass is 32.2. The van der Waals surface area contributed by atoms with Crippen molar-refractivity contribution in [3.05, 3.63) is 11.0 Å². The van der Waals surface area contributed by atoms with Crippen LogP contribution in [0.3, 0.4) is 0 Å². The lowest BCUT2D eigenvalue weighted by atomic mass is 10.2. The second-order valence-corrected chi connectivity index (χ2v) is 4.80. The van der Waals surface area contributed by atoms with E-state index in [0.717, 1.165) is 25.7 Å². The predicted octanol–water partition coefficient (Wildman–Crippen LogP) is 4.31. The molecule has 0 unspecified atom stereocenters. The maximum Gasteiger partial charge on any atom is 0.422 e. The lowest BCUT2D eigenvalue weighted by molar-refractivity contribution is -0.138. The van der Waals surface area contributed by atoms with Crippen LogP contribution in [-0.2, 0) is 9.53 Å². The zero-order valence-electron chi connectivity index (χ0n) is 10.7. The number of hydrogen-bond acceptors (Lipinski definition) is 3. The largest absolute Gasteiger partial charge is 0.463 e. The Labute approximate surface area is 110 Å². The van der Waals surface area contributed by atoms with Gasteiger partial charge in [0.15, 0.2) is 0 Å². The number of rotatable bonds is 8. The zero-order valence-corrected chi connectivity index (χ0v) is 11.5. The molecule has 0 atom stereocenters. The van der Waals surface area contributed by atoms with E-state index < -0.39 is 17.1 Å². The van der Waals surface area contributed by atoms with Crippen molar-refractivity contribution in [2.24, 2.45) is 0 Å². The third-order valence-corrected chi connectivity index (χ3v) is 3.22. The average Bonchev–Trinajstić information content (AvgIpc) is 2.26. The van der Waals surface area contributed by atoms with Crippen LogP contribution >= 0.6 is 11.8 Å². The summed E-state index contributed by atoms with van der Waals surface area (Å²) in [5.41, 5.74) is 0. The molecule has 0 spiro atoms. The van der Waals surface area contributed by atoms with Crippen molar-refractivity contribution >= 4 is 17.7 Å². The lowest BCUT2D eigenvalue weighted by Crippen LogP contribution is -2.12. The molecule has 0 rings (SSSR count). The zero-order chi connectivity index (χ0) is 14.0. The van der Waals surface area contributed by atoms with Crippen LogP contribution in [0.4, 0.5) is 13.2 Å². The standard InChI is InChI=1S/C12H19F3O2S/c1-3-5-6-7-8-18-10(12(13,14)15)9-11(16)17-4-2/h9H,3-8H2,1-2H3/b10-9+. The highest BCUT2D eigenvalue weighted by Crippen LogP contribution is 2.35. The summed E-state index contributed by atoms with van der Waals surface area (Å²) in [7, 11) is 0. The van der Waals surface area contributed by atoms with Crippen molar-refractivity contribution in [3.8, 4) is 0 Å². The number of halogens is 3. The second-order valence-electron chi connectivity index (χ2n) is 3.67. The topological polar surface area (TPSA) is 26.3 Å². The minimum Gasteiger partial charge on any atom is -0.463 e. The van der Waals surface area contributed by atoms with Gasteiger partial charge in [0.2, 0.25) is 0 Å². The van der Waals surface area contributed by atoms with Crippen LogP contribution in [0.15, 0.2) is 11.0 Å². The molecule has 0 aromatic heterocycles. The minimum absolute atomic E-state index is 0.0711. The van der Waals surface area contributed by atoms with E-state index in [4.69, 9.17) is 0 Å². The van der Waals surface area contributed by atoms with Gasteiger partial charge in [-0.3, -0.25) is 0 Å². The van der Waals surface area contributed by atoms with Gasteiger partial charge in [0, 0.05) is 6.08 Å². The predicted molar refractivity (Wildman–Crippen MR) is 67.4 cm³/mol. The number of hydrogen-bond donors (Lipinski definition) is 0. The highest BCUT2D eigenvalue weighted by molar-refractivity contribution is 8.03. The van der Waals surface area contributed by atoms with Gasteiger partial charge in [0.05, 0.1) is 11.5 Å². The van der Waals surface area contributed by atoms with Crippen LogP contribution < -0.4 is 0 Å². The first-order valence-corrected chi connectivity index (χ1v) is 6.98. The van der Waals surface area contributed by atoms with E-state index in [9.17, 15) is 18.0 Å². The Morgan fingerprint density at radius 3 is 2.39 bits per heavy atom. The Hall–Kier alpha value is -0.650. The molecule has 0 N–H and O–H groups in total. The molecule has 18 heavy (non-hydrogen) atoms. The minimum atomic E-state index is -4.48. The van der Waals surface area contributed by atoms with E-state index in [1.165, 1.54) is 0 Å². The molecule has 0 aromatic carbocycles. The molecule has 0 aromatic rings. The number of unbranched alkanes of at least 4 members (excludes halogenated alkanes) is 3. The molecule has 6 heteroatoms. The maximum absolute atomic E-state index is 12.6. The summed E-state index contributed by atoms with van der Waals surface area (Å²) in [6.07, 6.45) is -0.266. The van der Waals surface area contributed by atoms with Crippen LogP contribution in [0.1, 0.15) is 39.5 Å². The summed E-state index contributed by atoms with van der Waals surface area (Å²) in [4.78, 5) is 10.1. The Morgan fingerprint density at radius 1 is 1.22 bits per heavy atom. The summed E-state index contributed by atoms with van der Waals surface area (Å²) >= 11 is 0.668. The quantitative estimate of drug-likeness (QED) is 0.377. The van der Waals surface area contributed by atoms with E-state index >= 15 is 0 Å². The number of carbonyl (C=O) groups excluding carboxylic acids is 1. The van der Waals surface area contributed by atoms with E-state index in [2.05, 4.69) is 4.74 Å². The Kier molecular flexibility index (Phi) is 8.97. The molecule has 0 saturated carbocycles. The number of thioether (sulfide) groups is 1. The summed E-state index contributed by atoms with van der Waals surface area (Å²) in [6.45, 7) is 3.66. The average molecular weight is 284 g/mol. The summed E-state index contributed by atoms with van der Waals surface area (Å²) in [5.74, 6) is -0.573. The monoisotopic (exact) mass is 284 g/mol. The van der Waals surface area contributed by atoms with Gasteiger partial charge in [-0.1, -0.05) is 26.2 Å². The fourth-order valence-electron chi connectivity index (χ4n) is 1.21. The summed E-state index contributed by atoms with van der Waals surface area (Å²) in [6, 6.07) is 0. The molecule has 0 saturated heterocycles. The van der Waals surface area contributed by atoms with Crippen LogP contribution in [0.5, 0.6) is 0 Å². The van der Waals surface area contributed by atoms with Crippen molar-refractivity contribution < 1.29 is 22.7 Å². The van der Waals surface area contributed by atoms with Crippen molar-refractivity contribution in [1.82, 2.24) is 0 Å². The molecular weight excluding hydrogens is 265 g/mol. The van der Waals surface area contributed by atoms with Crippen LogP contribution in [0.2, 0.25) is 0 Å². The number of alkyl halides is 3. The Bertz CT molecular complexity index is 275. The molecule has 0 radical (unpaired) electrons. The molecular formula is C12H19F3O2S. The molecule has 2 nitrogen and oxygen atoms in total. The van der Waals surface area contributed by atoms with Gasteiger partial charge >= 0.3 is 12.1 Å². The second kappa shape index (κ2) is 9.30. The van der Waals surface area contributed by atoms with Gasteiger partial charge < -0.3 is 4.74 Å². The summed E-state index contributed by atoms with van der Waals surface area (Å²) < 4.78 is 42.3. The molecule has 0 bridgehead atoms. The number of allylic oxidation sites excluding steroid dienone is 1. The molecule has 0 aliphatic carbocycles. The van der Waals surface area contributed by atoms with Crippen LogP contribution in [-0.4, -0.2) is 24.5 Å². The van der Waals surface area contributed by atoms with E-state index in [1.54, 1.807) is 6.92 Å². The molecule has 0 amide bonds. The molecule has 106 valence electrons. The first-order chi connectivity index (χ1) is 8.41. The van der Waals surface area contributed by atoms with Gasteiger partial charge in [-0.2, -0.15) is 13.2 Å². The Morgan fingerprint density at radius 2 is 1.89 bits per heavy atom. The van der Waals surface area contributed by atoms with Gasteiger partial charge in [0.1, 0.15) is 0 Å². The van der Waals surface area contributed by atoms with Gasteiger partial charge in [0.25, 0.3) is 0 Å². The van der Waals surface area contributed by atoms with E-state index in [-0.39, 0.29) is 6.61 Å². The number of esters is 1. The van der Waals surface area contributed by atoms with Gasteiger partial charge in [-0.05, 0) is 19.1 Å². The molecule has 0 aliphatic heterocycles. The fourth-order valence-corrected chi connectivity index (χ4v) is 2.12. The van der Waals surface area contributed by atoms with Crippen molar-refractivity contribution in [2.75, 3.05) is 12.4 Å². The van der Waals surface area contributed by atoms with Crippen molar-refractivity contribution in [1.29, 1.82) is 0 Å². The first kappa shape index (κ1) is 17.4. The molecule has 0 heterocycles. The van der Waals surface area contributed by atoms with E-state index in [0.29, 0.717) is 23.6 Å². The summed E-state index contributed by atoms with van der Waals surface area (Å²) in [5, 5.41) is 0. The Balaban J connectivity index is 4.29. The molecule has 0 fully saturated rings. The van der Waals surface area contributed by atoms with Crippen molar-refractivity contribution in [3.63, 3.8) is 0 Å². The smallest absolute Gasteiger partial charge is 0.422 e. The SMILES string of the molecule is CCCCCCS/C(=C/C(=O)OCC)C(F)(F)F. The van der Waals surface area contributed by atoms with E-state index in [1.807, 2.05) is 6.92 Å². The molecule has 0 aliphatic rings. The number of carbonyl (C=O) groups is 1. The number of ether oxygens (including phenoxy) is 1. The van der Waals surface area contributed by atoms with Gasteiger partial charge in [-0.15, -0.1) is 11.8 Å². The first-order valence-electron chi connectivity index (χ1n) is 6.00. The fraction of sp³-hybridized carbons (Fsp3) is 0.750. The van der Waals surface area contributed by atoms with Crippen molar-refractivity contribution in [2.45, 2.75) is 45.7 Å². The van der Waals surface area contributed by atoms with Crippen LogP contribution in [0.25, 0.3) is 0 Å². The van der Waals surface area contributed by atoms with Gasteiger partial charge in [-0.25, -0.2) is 4.79 Å². The van der Waals surface area contributed by atoms with Crippen LogP contribution in [0, 0.1) is 0 Å². The third kappa shape index (κ3) is 8.44.